The summed E-state index contributed by atoms with van der Waals surface area (Å²) in [6.45, 7) is 5.96. The zero-order valence-electron chi connectivity index (χ0n) is 15.8. The zero-order chi connectivity index (χ0) is 19.3. The highest BCUT2D eigenvalue weighted by Crippen LogP contribution is 2.32. The Balaban J connectivity index is 2.27. The lowest BCUT2D eigenvalue weighted by Crippen LogP contribution is -2.27. The van der Waals surface area contributed by atoms with E-state index < -0.39 is 17.5 Å². The summed E-state index contributed by atoms with van der Waals surface area (Å²) in [4.78, 5) is 14.1. The summed E-state index contributed by atoms with van der Waals surface area (Å²) < 4.78 is 24.9. The largest absolute Gasteiger partial charge is 0.455 e. The van der Waals surface area contributed by atoms with Gasteiger partial charge in [-0.2, -0.15) is 0 Å². The number of nitrogens with one attached hydrogen (secondary N) is 1. The number of halogens is 1. The fourth-order valence-corrected chi connectivity index (χ4v) is 2.30. The number of carbonyl (C=O) groups is 1. The van der Waals surface area contributed by atoms with Crippen molar-refractivity contribution in [2.24, 2.45) is 0 Å². The van der Waals surface area contributed by atoms with Gasteiger partial charge in [0.25, 0.3) is 0 Å². The minimum Gasteiger partial charge on any atom is -0.455 e. The van der Waals surface area contributed by atoms with Crippen LogP contribution in [0.25, 0.3) is 0 Å². The number of nitrogens with zero attached hydrogens (tertiary/aromatic N) is 1. The van der Waals surface area contributed by atoms with Gasteiger partial charge in [-0.25, -0.2) is 9.18 Å². The summed E-state index contributed by atoms with van der Waals surface area (Å²) in [5.41, 5.74) is 0.528. The first-order valence-electron chi connectivity index (χ1n) is 8.34. The predicted octanol–water partition coefficient (Wildman–Crippen LogP) is 5.03. The van der Waals surface area contributed by atoms with Crippen LogP contribution in [0.1, 0.15) is 26.3 Å². The van der Waals surface area contributed by atoms with E-state index in [4.69, 9.17) is 9.47 Å². The number of carbonyl (C=O) groups excluding carboxylic acids is 1. The Labute approximate surface area is 153 Å². The molecule has 1 amide bonds. The molecule has 0 bridgehead atoms. The number of hydrogen-bond acceptors (Lipinski definition) is 4. The Morgan fingerprint density at radius 1 is 1.12 bits per heavy atom. The summed E-state index contributed by atoms with van der Waals surface area (Å²) in [6.07, 6.45) is -0.672. The zero-order valence-corrected chi connectivity index (χ0v) is 15.8. The van der Waals surface area contributed by atoms with Crippen LogP contribution in [0.4, 0.5) is 14.9 Å². The van der Waals surface area contributed by atoms with E-state index in [1.54, 1.807) is 20.8 Å². The third kappa shape index (κ3) is 6.04. The fraction of sp³-hybridized carbons (Fsp3) is 0.350. The summed E-state index contributed by atoms with van der Waals surface area (Å²) in [6, 6.07) is 11.5. The maximum absolute atomic E-state index is 13.7. The van der Waals surface area contributed by atoms with E-state index in [0.717, 1.165) is 5.56 Å². The average Bonchev–Trinajstić information content (AvgIpc) is 2.49. The molecular weight excluding hydrogens is 335 g/mol. The molecule has 0 aliphatic rings. The van der Waals surface area contributed by atoms with Gasteiger partial charge in [0.05, 0.1) is 5.69 Å². The lowest BCUT2D eigenvalue weighted by atomic mass is 10.2. The molecule has 0 atom stereocenters. The Morgan fingerprint density at radius 2 is 1.81 bits per heavy atom. The van der Waals surface area contributed by atoms with Crippen molar-refractivity contribution in [3.8, 4) is 11.5 Å². The van der Waals surface area contributed by atoms with Crippen LogP contribution in [0.2, 0.25) is 0 Å². The van der Waals surface area contributed by atoms with Crippen LogP contribution >= 0.6 is 0 Å². The SMILES string of the molecule is CN(C)Cc1ccccc1Oc1ccc(F)cc1NC(=O)OC(C)(C)C. The first-order valence-corrected chi connectivity index (χ1v) is 8.34. The van der Waals surface area contributed by atoms with Crippen molar-refractivity contribution in [2.45, 2.75) is 32.9 Å². The molecule has 0 aliphatic carbocycles. The molecule has 0 unspecified atom stereocenters. The second kappa shape index (κ2) is 8.19. The smallest absolute Gasteiger partial charge is 0.412 e. The fourth-order valence-electron chi connectivity index (χ4n) is 2.30. The van der Waals surface area contributed by atoms with Crippen LogP contribution in [0.3, 0.4) is 0 Å². The lowest BCUT2D eigenvalue weighted by Gasteiger charge is -2.21. The molecule has 5 nitrogen and oxygen atoms in total. The molecule has 2 aromatic rings. The van der Waals surface area contributed by atoms with Crippen LogP contribution in [0, 0.1) is 5.82 Å². The van der Waals surface area contributed by atoms with E-state index in [9.17, 15) is 9.18 Å². The second-order valence-corrected chi connectivity index (χ2v) is 7.21. The Bertz CT molecular complexity index is 770. The van der Waals surface area contributed by atoms with Gasteiger partial charge in [0, 0.05) is 18.2 Å². The monoisotopic (exact) mass is 360 g/mol. The number of ether oxygens (including phenoxy) is 2. The standard InChI is InChI=1S/C20H25FN2O3/c1-20(2,3)26-19(24)22-16-12-15(21)10-11-18(16)25-17-9-7-6-8-14(17)13-23(4)5/h6-12H,13H2,1-5H3,(H,22,24). The highest BCUT2D eigenvalue weighted by Gasteiger charge is 2.18. The molecule has 0 fully saturated rings. The van der Waals surface area contributed by atoms with Gasteiger partial charge in [-0.15, -0.1) is 0 Å². The molecule has 0 radical (unpaired) electrons. The number of para-hydroxylation sites is 1. The van der Waals surface area contributed by atoms with Gasteiger partial charge < -0.3 is 14.4 Å². The first-order chi connectivity index (χ1) is 12.1. The van der Waals surface area contributed by atoms with Crippen molar-refractivity contribution in [1.82, 2.24) is 4.90 Å². The molecule has 0 saturated heterocycles. The van der Waals surface area contributed by atoms with E-state index in [0.29, 0.717) is 18.0 Å². The quantitative estimate of drug-likeness (QED) is 0.813. The molecule has 140 valence electrons. The third-order valence-corrected chi connectivity index (χ3v) is 3.26. The molecule has 6 heteroatoms. The van der Waals surface area contributed by atoms with Gasteiger partial charge in [0.1, 0.15) is 17.2 Å². The molecule has 0 heterocycles. The lowest BCUT2D eigenvalue weighted by molar-refractivity contribution is 0.0635. The molecule has 2 rings (SSSR count). The van der Waals surface area contributed by atoms with Gasteiger partial charge in [-0.3, -0.25) is 5.32 Å². The molecule has 0 aliphatic heterocycles. The van der Waals surface area contributed by atoms with Gasteiger partial charge in [0.15, 0.2) is 5.75 Å². The second-order valence-electron chi connectivity index (χ2n) is 7.21. The number of rotatable bonds is 5. The minimum absolute atomic E-state index is 0.207. The summed E-state index contributed by atoms with van der Waals surface area (Å²) in [5.74, 6) is 0.494. The summed E-state index contributed by atoms with van der Waals surface area (Å²) >= 11 is 0. The highest BCUT2D eigenvalue weighted by molar-refractivity contribution is 5.87. The molecule has 1 N–H and O–H groups in total. The summed E-state index contributed by atoms with van der Waals surface area (Å²) in [5, 5.41) is 2.55. The van der Waals surface area contributed by atoms with Crippen molar-refractivity contribution >= 4 is 11.8 Å². The average molecular weight is 360 g/mol. The van der Waals surface area contributed by atoms with E-state index in [2.05, 4.69) is 5.32 Å². The normalized spacial score (nSPS) is 11.3. The maximum Gasteiger partial charge on any atom is 0.412 e. The number of amides is 1. The van der Waals surface area contributed by atoms with Crippen molar-refractivity contribution in [3.63, 3.8) is 0 Å². The van der Waals surface area contributed by atoms with E-state index >= 15 is 0 Å². The van der Waals surface area contributed by atoms with Crippen LogP contribution in [-0.2, 0) is 11.3 Å². The van der Waals surface area contributed by atoms with Crippen LogP contribution in [-0.4, -0.2) is 30.7 Å². The van der Waals surface area contributed by atoms with E-state index in [-0.39, 0.29) is 5.69 Å². The van der Waals surface area contributed by atoms with Crippen LogP contribution < -0.4 is 10.1 Å². The number of anilines is 1. The first kappa shape index (κ1) is 19.7. The van der Waals surface area contributed by atoms with E-state index in [1.807, 2.05) is 43.3 Å². The highest BCUT2D eigenvalue weighted by atomic mass is 19.1. The van der Waals surface area contributed by atoms with Crippen molar-refractivity contribution in [2.75, 3.05) is 19.4 Å². The third-order valence-electron chi connectivity index (χ3n) is 3.26. The van der Waals surface area contributed by atoms with Crippen molar-refractivity contribution in [1.29, 1.82) is 0 Å². The topological polar surface area (TPSA) is 50.8 Å². The maximum atomic E-state index is 13.7. The van der Waals surface area contributed by atoms with Crippen LogP contribution in [0.15, 0.2) is 42.5 Å². The molecule has 2 aromatic carbocycles. The molecule has 26 heavy (non-hydrogen) atoms. The number of hydrogen-bond donors (Lipinski definition) is 1. The predicted molar refractivity (Wildman–Crippen MR) is 100 cm³/mol. The summed E-state index contributed by atoms with van der Waals surface area (Å²) in [7, 11) is 3.92. The van der Waals surface area contributed by atoms with Gasteiger partial charge in [0.2, 0.25) is 0 Å². The van der Waals surface area contributed by atoms with Gasteiger partial charge in [-0.05, 0) is 53.1 Å². The van der Waals surface area contributed by atoms with Gasteiger partial charge >= 0.3 is 6.09 Å². The molecule has 0 aromatic heterocycles. The van der Waals surface area contributed by atoms with Crippen LogP contribution in [0.5, 0.6) is 11.5 Å². The van der Waals surface area contributed by atoms with E-state index in [1.165, 1.54) is 18.2 Å². The van der Waals surface area contributed by atoms with Crippen molar-refractivity contribution < 1.29 is 18.7 Å². The number of benzene rings is 2. The Hall–Kier alpha value is -2.60. The molecular formula is C20H25FN2O3. The Kier molecular flexibility index (Phi) is 6.21. The Morgan fingerprint density at radius 3 is 2.46 bits per heavy atom. The molecule has 0 spiro atoms. The van der Waals surface area contributed by atoms with Gasteiger partial charge in [-0.1, -0.05) is 18.2 Å². The minimum atomic E-state index is -0.672. The van der Waals surface area contributed by atoms with Crippen molar-refractivity contribution in [3.05, 3.63) is 53.8 Å². The molecule has 0 saturated carbocycles.